The molecule has 0 unspecified atom stereocenters. The summed E-state index contributed by atoms with van der Waals surface area (Å²) in [6.07, 6.45) is -0.0291. The van der Waals surface area contributed by atoms with E-state index in [1.807, 2.05) is 0 Å². The normalized spacial score (nSPS) is 10.3. The molecular formula is C14H11F3N2O. The second-order valence-corrected chi connectivity index (χ2v) is 4.21. The van der Waals surface area contributed by atoms with Crippen molar-refractivity contribution >= 4 is 17.3 Å². The molecule has 1 amide bonds. The summed E-state index contributed by atoms with van der Waals surface area (Å²) in [7, 11) is 0. The Labute approximate surface area is 113 Å². The lowest BCUT2D eigenvalue weighted by atomic mass is 10.1. The Bertz CT molecular complexity index is 642. The Morgan fingerprint density at radius 2 is 1.60 bits per heavy atom. The fourth-order valence-corrected chi connectivity index (χ4v) is 1.63. The van der Waals surface area contributed by atoms with Gasteiger partial charge in [0.15, 0.2) is 11.6 Å². The number of carbonyl (C=O) groups excluding carboxylic acids is 1. The van der Waals surface area contributed by atoms with Gasteiger partial charge in [-0.1, -0.05) is 12.1 Å². The summed E-state index contributed by atoms with van der Waals surface area (Å²) in [6, 6.07) is 7.54. The number of nitrogens with two attached hydrogens (primary N) is 1. The molecule has 2 rings (SSSR count). The highest BCUT2D eigenvalue weighted by molar-refractivity contribution is 5.92. The van der Waals surface area contributed by atoms with Gasteiger partial charge in [0.1, 0.15) is 5.82 Å². The number of rotatable bonds is 3. The standard InChI is InChI=1S/C14H11F3N2O/c15-10-6-12(17)13(7-11(10)16)19-14(20)5-8-1-3-9(18)4-2-8/h1-4,6-7H,5,18H2,(H,19,20). The lowest BCUT2D eigenvalue weighted by Crippen LogP contribution is -2.15. The molecule has 104 valence electrons. The van der Waals surface area contributed by atoms with E-state index in [0.717, 1.165) is 0 Å². The summed E-state index contributed by atoms with van der Waals surface area (Å²) >= 11 is 0. The SMILES string of the molecule is Nc1ccc(CC(=O)Nc2cc(F)c(F)cc2F)cc1. The predicted molar refractivity (Wildman–Crippen MR) is 69.5 cm³/mol. The van der Waals surface area contributed by atoms with Crippen molar-refractivity contribution < 1.29 is 18.0 Å². The Balaban J connectivity index is 2.08. The third-order valence-corrected chi connectivity index (χ3v) is 2.63. The third kappa shape index (κ3) is 3.28. The summed E-state index contributed by atoms with van der Waals surface area (Å²) < 4.78 is 39.1. The van der Waals surface area contributed by atoms with Crippen LogP contribution in [0.25, 0.3) is 0 Å². The monoisotopic (exact) mass is 280 g/mol. The van der Waals surface area contributed by atoms with Gasteiger partial charge in [0.05, 0.1) is 12.1 Å². The molecule has 20 heavy (non-hydrogen) atoms. The van der Waals surface area contributed by atoms with Crippen LogP contribution in [0.5, 0.6) is 0 Å². The van der Waals surface area contributed by atoms with E-state index in [0.29, 0.717) is 23.4 Å². The van der Waals surface area contributed by atoms with Gasteiger partial charge in [0.25, 0.3) is 0 Å². The Hall–Kier alpha value is -2.50. The van der Waals surface area contributed by atoms with Gasteiger partial charge in [-0.2, -0.15) is 0 Å². The first-order valence-electron chi connectivity index (χ1n) is 5.74. The summed E-state index contributed by atoms with van der Waals surface area (Å²) in [5.74, 6) is -4.11. The first kappa shape index (κ1) is 13.9. The molecule has 0 radical (unpaired) electrons. The largest absolute Gasteiger partial charge is 0.399 e. The highest BCUT2D eigenvalue weighted by atomic mass is 19.2. The van der Waals surface area contributed by atoms with E-state index >= 15 is 0 Å². The molecule has 0 saturated carbocycles. The number of nitrogen functional groups attached to an aromatic ring is 1. The molecule has 0 spiro atoms. The summed E-state index contributed by atoms with van der Waals surface area (Å²) in [5, 5.41) is 2.19. The minimum atomic E-state index is -1.31. The Kier molecular flexibility index (Phi) is 3.93. The van der Waals surface area contributed by atoms with Gasteiger partial charge in [0.2, 0.25) is 5.91 Å². The van der Waals surface area contributed by atoms with E-state index in [1.165, 1.54) is 0 Å². The van der Waals surface area contributed by atoms with Gasteiger partial charge in [-0.05, 0) is 17.7 Å². The Morgan fingerprint density at radius 1 is 1.00 bits per heavy atom. The van der Waals surface area contributed by atoms with Crippen LogP contribution < -0.4 is 11.1 Å². The minimum Gasteiger partial charge on any atom is -0.399 e. The number of hydrogen-bond acceptors (Lipinski definition) is 2. The molecule has 0 saturated heterocycles. The fraction of sp³-hybridized carbons (Fsp3) is 0.0714. The second kappa shape index (κ2) is 5.64. The number of hydrogen-bond donors (Lipinski definition) is 2. The predicted octanol–water partition coefficient (Wildman–Crippen LogP) is 2.87. The zero-order valence-electron chi connectivity index (χ0n) is 10.3. The minimum absolute atomic E-state index is 0.0291. The van der Waals surface area contributed by atoms with Crippen LogP contribution in [-0.4, -0.2) is 5.91 Å². The van der Waals surface area contributed by atoms with Gasteiger partial charge in [-0.15, -0.1) is 0 Å². The first-order valence-corrected chi connectivity index (χ1v) is 5.74. The number of halogens is 3. The van der Waals surface area contributed by atoms with E-state index in [4.69, 9.17) is 5.73 Å². The lowest BCUT2D eigenvalue weighted by Gasteiger charge is -2.07. The van der Waals surface area contributed by atoms with Crippen molar-refractivity contribution in [1.82, 2.24) is 0 Å². The topological polar surface area (TPSA) is 55.1 Å². The molecule has 2 aromatic rings. The van der Waals surface area contributed by atoms with Gasteiger partial charge in [0, 0.05) is 17.8 Å². The fourth-order valence-electron chi connectivity index (χ4n) is 1.63. The molecule has 6 heteroatoms. The smallest absolute Gasteiger partial charge is 0.228 e. The van der Waals surface area contributed by atoms with Crippen LogP contribution >= 0.6 is 0 Å². The first-order chi connectivity index (χ1) is 9.45. The van der Waals surface area contributed by atoms with E-state index in [2.05, 4.69) is 5.32 Å². The van der Waals surface area contributed by atoms with Crippen LogP contribution in [0.3, 0.4) is 0 Å². The van der Waals surface area contributed by atoms with Crippen molar-refractivity contribution in [3.8, 4) is 0 Å². The van der Waals surface area contributed by atoms with E-state index in [-0.39, 0.29) is 6.42 Å². The number of nitrogens with one attached hydrogen (secondary N) is 1. The van der Waals surface area contributed by atoms with E-state index in [1.54, 1.807) is 24.3 Å². The molecule has 0 fully saturated rings. The zero-order valence-corrected chi connectivity index (χ0v) is 10.3. The number of anilines is 2. The van der Waals surface area contributed by atoms with E-state index < -0.39 is 29.0 Å². The van der Waals surface area contributed by atoms with Gasteiger partial charge in [-0.3, -0.25) is 4.79 Å². The average molecular weight is 280 g/mol. The maximum absolute atomic E-state index is 13.3. The lowest BCUT2D eigenvalue weighted by molar-refractivity contribution is -0.115. The maximum Gasteiger partial charge on any atom is 0.228 e. The van der Waals surface area contributed by atoms with Gasteiger partial charge >= 0.3 is 0 Å². The maximum atomic E-state index is 13.3. The van der Waals surface area contributed by atoms with Crippen LogP contribution in [-0.2, 0) is 11.2 Å². The highest BCUT2D eigenvalue weighted by Crippen LogP contribution is 2.18. The summed E-state index contributed by atoms with van der Waals surface area (Å²) in [5.41, 5.74) is 6.33. The molecule has 0 aliphatic carbocycles. The second-order valence-electron chi connectivity index (χ2n) is 4.21. The molecule has 0 atom stereocenters. The zero-order chi connectivity index (χ0) is 14.7. The summed E-state index contributed by atoms with van der Waals surface area (Å²) in [6.45, 7) is 0. The number of amides is 1. The van der Waals surface area contributed by atoms with E-state index in [9.17, 15) is 18.0 Å². The molecule has 0 aliphatic rings. The van der Waals surface area contributed by atoms with Crippen molar-refractivity contribution in [2.75, 3.05) is 11.1 Å². The van der Waals surface area contributed by atoms with Crippen molar-refractivity contribution in [3.63, 3.8) is 0 Å². The molecule has 0 bridgehead atoms. The van der Waals surface area contributed by atoms with Crippen molar-refractivity contribution in [1.29, 1.82) is 0 Å². The molecule has 3 N–H and O–H groups in total. The number of benzene rings is 2. The third-order valence-electron chi connectivity index (χ3n) is 2.63. The molecule has 2 aromatic carbocycles. The molecular weight excluding hydrogens is 269 g/mol. The number of carbonyl (C=O) groups is 1. The van der Waals surface area contributed by atoms with Crippen molar-refractivity contribution in [2.24, 2.45) is 0 Å². The Morgan fingerprint density at radius 3 is 2.25 bits per heavy atom. The van der Waals surface area contributed by atoms with Crippen LogP contribution in [0.2, 0.25) is 0 Å². The van der Waals surface area contributed by atoms with Crippen LogP contribution in [0.15, 0.2) is 36.4 Å². The van der Waals surface area contributed by atoms with Crippen molar-refractivity contribution in [3.05, 3.63) is 59.4 Å². The van der Waals surface area contributed by atoms with Crippen LogP contribution in [0.1, 0.15) is 5.56 Å². The highest BCUT2D eigenvalue weighted by Gasteiger charge is 2.12. The molecule has 0 aromatic heterocycles. The van der Waals surface area contributed by atoms with Gasteiger partial charge < -0.3 is 11.1 Å². The summed E-state index contributed by atoms with van der Waals surface area (Å²) in [4.78, 5) is 11.7. The van der Waals surface area contributed by atoms with Crippen LogP contribution in [0.4, 0.5) is 24.5 Å². The molecule has 0 heterocycles. The average Bonchev–Trinajstić information content (AvgIpc) is 2.39. The van der Waals surface area contributed by atoms with Crippen molar-refractivity contribution in [2.45, 2.75) is 6.42 Å². The van der Waals surface area contributed by atoms with Gasteiger partial charge in [-0.25, -0.2) is 13.2 Å². The molecule has 3 nitrogen and oxygen atoms in total. The molecule has 0 aliphatic heterocycles. The van der Waals surface area contributed by atoms with Crippen LogP contribution in [0, 0.1) is 17.5 Å². The quantitative estimate of drug-likeness (QED) is 0.671.